The van der Waals surface area contributed by atoms with Crippen LogP contribution in [0.25, 0.3) is 0 Å². The van der Waals surface area contributed by atoms with Crippen molar-refractivity contribution in [3.63, 3.8) is 0 Å². The molecule has 5 heteroatoms. The number of hydrogen-bond donors (Lipinski definition) is 2. The summed E-state index contributed by atoms with van der Waals surface area (Å²) in [6.07, 6.45) is 4.34. The molecule has 20 heavy (non-hydrogen) atoms. The molecule has 0 atom stereocenters. The molecule has 1 aromatic carbocycles. The van der Waals surface area contributed by atoms with Crippen LogP contribution >= 0.6 is 12.4 Å². The molecule has 1 aliphatic rings. The normalized spacial score (nSPS) is 21.7. The average Bonchev–Trinajstić information content (AvgIpc) is 2.42. The Hall–Kier alpha value is -1.26. The fourth-order valence-corrected chi connectivity index (χ4v) is 2.56. The number of halogens is 1. The van der Waals surface area contributed by atoms with Gasteiger partial charge in [-0.05, 0) is 31.7 Å². The number of carbonyl (C=O) groups excluding carboxylic acids is 1. The molecule has 0 bridgehead atoms. The first-order chi connectivity index (χ1) is 9.19. The number of para-hydroxylation sites is 1. The predicted octanol–water partition coefficient (Wildman–Crippen LogP) is 2.05. The molecule has 4 nitrogen and oxygen atoms in total. The van der Waals surface area contributed by atoms with Crippen molar-refractivity contribution < 1.29 is 9.53 Å². The van der Waals surface area contributed by atoms with E-state index in [9.17, 15) is 4.79 Å². The Balaban J connectivity index is 0.00000200. The van der Waals surface area contributed by atoms with Crippen molar-refractivity contribution in [1.82, 2.24) is 5.32 Å². The van der Waals surface area contributed by atoms with Crippen molar-refractivity contribution in [3.05, 3.63) is 29.8 Å². The summed E-state index contributed by atoms with van der Waals surface area (Å²) in [5.41, 5.74) is 6.79. The lowest BCUT2D eigenvalue weighted by Gasteiger charge is -2.26. The van der Waals surface area contributed by atoms with Gasteiger partial charge in [0.15, 0.2) is 0 Å². The van der Waals surface area contributed by atoms with Crippen molar-refractivity contribution in [2.75, 3.05) is 7.11 Å². The van der Waals surface area contributed by atoms with E-state index < -0.39 is 0 Å². The zero-order chi connectivity index (χ0) is 13.7. The smallest absolute Gasteiger partial charge is 0.224 e. The maximum atomic E-state index is 12.0. The molecular weight excluding hydrogens is 276 g/mol. The average molecular weight is 299 g/mol. The van der Waals surface area contributed by atoms with Gasteiger partial charge in [0, 0.05) is 17.6 Å². The quantitative estimate of drug-likeness (QED) is 0.894. The van der Waals surface area contributed by atoms with Gasteiger partial charge in [-0.1, -0.05) is 18.2 Å². The molecule has 1 amide bonds. The summed E-state index contributed by atoms with van der Waals surface area (Å²) in [6, 6.07) is 8.22. The third-order valence-corrected chi connectivity index (χ3v) is 3.68. The predicted molar refractivity (Wildman–Crippen MR) is 82.3 cm³/mol. The lowest BCUT2D eigenvalue weighted by molar-refractivity contribution is -0.121. The van der Waals surface area contributed by atoms with E-state index in [0.29, 0.717) is 12.5 Å². The number of benzene rings is 1. The molecule has 1 aliphatic carbocycles. The van der Waals surface area contributed by atoms with Crippen molar-refractivity contribution in [3.8, 4) is 5.75 Å². The van der Waals surface area contributed by atoms with E-state index in [0.717, 1.165) is 37.0 Å². The van der Waals surface area contributed by atoms with Crippen LogP contribution in [0.3, 0.4) is 0 Å². The van der Waals surface area contributed by atoms with E-state index in [4.69, 9.17) is 10.5 Å². The van der Waals surface area contributed by atoms with E-state index in [1.807, 2.05) is 24.3 Å². The molecule has 0 aliphatic heterocycles. The zero-order valence-corrected chi connectivity index (χ0v) is 12.6. The second kappa shape index (κ2) is 8.12. The second-order valence-corrected chi connectivity index (χ2v) is 5.17. The molecular formula is C15H23ClN2O2. The molecule has 3 N–H and O–H groups in total. The van der Waals surface area contributed by atoms with Crippen LogP contribution in [-0.2, 0) is 11.2 Å². The Morgan fingerprint density at radius 1 is 1.30 bits per heavy atom. The van der Waals surface area contributed by atoms with Crippen LogP contribution in [0.1, 0.15) is 31.2 Å². The van der Waals surface area contributed by atoms with Crippen LogP contribution in [0.15, 0.2) is 24.3 Å². The molecule has 0 aromatic heterocycles. The van der Waals surface area contributed by atoms with E-state index in [-0.39, 0.29) is 24.4 Å². The molecule has 0 heterocycles. The molecule has 0 spiro atoms. The molecule has 1 fully saturated rings. The van der Waals surface area contributed by atoms with Crippen LogP contribution in [0.4, 0.5) is 0 Å². The van der Waals surface area contributed by atoms with Crippen molar-refractivity contribution >= 4 is 18.3 Å². The highest BCUT2D eigenvalue weighted by Crippen LogP contribution is 2.19. The van der Waals surface area contributed by atoms with Crippen LogP contribution < -0.4 is 15.8 Å². The number of methoxy groups -OCH3 is 1. The minimum absolute atomic E-state index is 0. The van der Waals surface area contributed by atoms with Gasteiger partial charge >= 0.3 is 0 Å². The number of nitrogens with one attached hydrogen (secondary N) is 1. The maximum absolute atomic E-state index is 12.0. The number of carbonyl (C=O) groups is 1. The van der Waals surface area contributed by atoms with Crippen molar-refractivity contribution in [2.45, 2.75) is 44.2 Å². The standard InChI is InChI=1S/C15H22N2O2.ClH/c1-19-14-5-3-2-4-11(14)10-15(18)17-13-8-6-12(16)7-9-13;/h2-5,12-13H,6-10,16H2,1H3,(H,17,18);1H. The highest BCUT2D eigenvalue weighted by atomic mass is 35.5. The molecule has 0 radical (unpaired) electrons. The minimum Gasteiger partial charge on any atom is -0.496 e. The fraction of sp³-hybridized carbons (Fsp3) is 0.533. The zero-order valence-electron chi connectivity index (χ0n) is 11.8. The molecule has 0 unspecified atom stereocenters. The summed E-state index contributed by atoms with van der Waals surface area (Å²) in [5, 5.41) is 3.09. The van der Waals surface area contributed by atoms with Gasteiger partial charge in [0.1, 0.15) is 5.75 Å². The highest BCUT2D eigenvalue weighted by Gasteiger charge is 2.20. The van der Waals surface area contributed by atoms with E-state index in [2.05, 4.69) is 5.32 Å². The van der Waals surface area contributed by atoms with Crippen LogP contribution in [0.5, 0.6) is 5.75 Å². The summed E-state index contributed by atoms with van der Waals surface area (Å²) in [4.78, 5) is 12.0. The Morgan fingerprint density at radius 3 is 2.60 bits per heavy atom. The molecule has 0 saturated heterocycles. The number of hydrogen-bond acceptors (Lipinski definition) is 3. The third-order valence-electron chi connectivity index (χ3n) is 3.68. The summed E-state index contributed by atoms with van der Waals surface area (Å²) >= 11 is 0. The molecule has 2 rings (SSSR count). The van der Waals surface area contributed by atoms with E-state index >= 15 is 0 Å². The maximum Gasteiger partial charge on any atom is 0.224 e. The van der Waals surface area contributed by atoms with Crippen molar-refractivity contribution in [1.29, 1.82) is 0 Å². The van der Waals surface area contributed by atoms with Gasteiger partial charge in [-0.25, -0.2) is 0 Å². The van der Waals surface area contributed by atoms with Crippen molar-refractivity contribution in [2.24, 2.45) is 5.73 Å². The van der Waals surface area contributed by atoms with E-state index in [1.165, 1.54) is 0 Å². The van der Waals surface area contributed by atoms with Gasteiger partial charge in [-0.3, -0.25) is 4.79 Å². The monoisotopic (exact) mass is 298 g/mol. The van der Waals surface area contributed by atoms with Gasteiger partial charge in [-0.2, -0.15) is 0 Å². The highest BCUT2D eigenvalue weighted by molar-refractivity contribution is 5.85. The van der Waals surface area contributed by atoms with Gasteiger partial charge in [0.05, 0.1) is 13.5 Å². The first-order valence-corrected chi connectivity index (χ1v) is 6.86. The van der Waals surface area contributed by atoms with E-state index in [1.54, 1.807) is 7.11 Å². The number of amides is 1. The van der Waals surface area contributed by atoms with Crippen LogP contribution in [-0.4, -0.2) is 25.1 Å². The molecule has 1 aromatic rings. The summed E-state index contributed by atoms with van der Waals surface area (Å²) in [7, 11) is 1.62. The first kappa shape index (κ1) is 16.8. The SMILES string of the molecule is COc1ccccc1CC(=O)NC1CCC(N)CC1.Cl. The number of ether oxygens (including phenoxy) is 1. The topological polar surface area (TPSA) is 64.3 Å². The lowest BCUT2D eigenvalue weighted by Crippen LogP contribution is -2.41. The Kier molecular flexibility index (Phi) is 6.82. The number of rotatable bonds is 4. The van der Waals surface area contributed by atoms with Gasteiger partial charge in [-0.15, -0.1) is 12.4 Å². The van der Waals surface area contributed by atoms with Crippen LogP contribution in [0.2, 0.25) is 0 Å². The molecule has 1 saturated carbocycles. The third kappa shape index (κ3) is 4.69. The Morgan fingerprint density at radius 2 is 1.95 bits per heavy atom. The van der Waals surface area contributed by atoms with Gasteiger partial charge in [0.25, 0.3) is 0 Å². The van der Waals surface area contributed by atoms with Gasteiger partial charge in [0.2, 0.25) is 5.91 Å². The molecule has 112 valence electrons. The largest absolute Gasteiger partial charge is 0.496 e. The minimum atomic E-state index is 0. The number of nitrogens with two attached hydrogens (primary N) is 1. The lowest BCUT2D eigenvalue weighted by atomic mass is 9.91. The Bertz CT molecular complexity index is 432. The second-order valence-electron chi connectivity index (χ2n) is 5.17. The first-order valence-electron chi connectivity index (χ1n) is 6.86. The van der Waals surface area contributed by atoms with Gasteiger partial charge < -0.3 is 15.8 Å². The fourth-order valence-electron chi connectivity index (χ4n) is 2.56. The Labute approximate surface area is 126 Å². The van der Waals surface area contributed by atoms with Crippen LogP contribution in [0, 0.1) is 0 Å². The summed E-state index contributed by atoms with van der Waals surface area (Å²) in [5.74, 6) is 0.827. The summed E-state index contributed by atoms with van der Waals surface area (Å²) in [6.45, 7) is 0. The summed E-state index contributed by atoms with van der Waals surface area (Å²) < 4.78 is 5.25.